The number of carbonyl (C=O) groups excluding carboxylic acids is 1. The van der Waals surface area contributed by atoms with Crippen LogP contribution in [-0.2, 0) is 9.53 Å². The number of hydrogen-bond acceptors (Lipinski definition) is 7. The molecule has 0 unspecified atom stereocenters. The minimum Gasteiger partial charge on any atom is -0.475 e. The minimum absolute atomic E-state index is 0.136. The number of nitrogens with zero attached hydrogens (tertiary/aromatic N) is 2. The van der Waals surface area contributed by atoms with Crippen molar-refractivity contribution in [2.24, 2.45) is 0 Å². The molecule has 0 fully saturated rings. The van der Waals surface area contributed by atoms with E-state index in [1.54, 1.807) is 13.8 Å². The van der Waals surface area contributed by atoms with Crippen molar-refractivity contribution in [2.75, 3.05) is 13.2 Å². The van der Waals surface area contributed by atoms with Gasteiger partial charge in [-0.15, -0.1) is 0 Å². The Morgan fingerprint density at radius 1 is 1.22 bits per heavy atom. The zero-order valence-electron chi connectivity index (χ0n) is 13.1. The summed E-state index contributed by atoms with van der Waals surface area (Å²) in [6.45, 7) is 4.87. The second-order valence-electron chi connectivity index (χ2n) is 4.80. The van der Waals surface area contributed by atoms with Crippen molar-refractivity contribution in [1.82, 2.24) is 0 Å². The molecule has 0 aromatic heterocycles. The molecule has 9 heteroatoms. The number of rotatable bonds is 8. The second-order valence-corrected chi connectivity index (χ2v) is 4.80. The van der Waals surface area contributed by atoms with Crippen molar-refractivity contribution in [3.8, 4) is 5.75 Å². The highest BCUT2D eigenvalue weighted by molar-refractivity contribution is 5.71. The standard InChI is InChI=1S/C14H18N2O7/c1-4-9(3)11-6-10(15(18)19)7-12(16(20)21)14(11)23-8-13(17)22-5-2/h6-7,9H,4-5,8H2,1-3H3/t9-/m0/s1. The molecule has 1 atom stereocenters. The van der Waals surface area contributed by atoms with Crippen LogP contribution in [0.15, 0.2) is 12.1 Å². The highest BCUT2D eigenvalue weighted by Crippen LogP contribution is 2.40. The van der Waals surface area contributed by atoms with Crippen LogP contribution in [0.3, 0.4) is 0 Å². The molecule has 0 saturated carbocycles. The Labute approximate surface area is 132 Å². The first-order valence-electron chi connectivity index (χ1n) is 7.06. The molecule has 0 heterocycles. The molecule has 0 amide bonds. The van der Waals surface area contributed by atoms with Gasteiger partial charge in [0.2, 0.25) is 5.75 Å². The molecular formula is C14H18N2O7. The van der Waals surface area contributed by atoms with E-state index >= 15 is 0 Å². The van der Waals surface area contributed by atoms with Crippen LogP contribution in [0, 0.1) is 20.2 Å². The maximum Gasteiger partial charge on any atom is 0.344 e. The van der Waals surface area contributed by atoms with Gasteiger partial charge in [0.25, 0.3) is 5.69 Å². The summed E-state index contributed by atoms with van der Waals surface area (Å²) in [6.07, 6.45) is 0.591. The van der Waals surface area contributed by atoms with Crippen molar-refractivity contribution in [3.05, 3.63) is 37.9 Å². The Morgan fingerprint density at radius 2 is 1.87 bits per heavy atom. The number of carbonyl (C=O) groups is 1. The van der Waals surface area contributed by atoms with Crippen LogP contribution in [0.4, 0.5) is 11.4 Å². The molecule has 0 saturated heterocycles. The number of esters is 1. The van der Waals surface area contributed by atoms with Gasteiger partial charge in [0, 0.05) is 11.6 Å². The van der Waals surface area contributed by atoms with Gasteiger partial charge in [-0.25, -0.2) is 4.79 Å². The summed E-state index contributed by atoms with van der Waals surface area (Å²) < 4.78 is 9.97. The van der Waals surface area contributed by atoms with Gasteiger partial charge in [-0.3, -0.25) is 20.2 Å². The second kappa shape index (κ2) is 8.06. The lowest BCUT2D eigenvalue weighted by molar-refractivity contribution is -0.394. The van der Waals surface area contributed by atoms with Gasteiger partial charge in [-0.1, -0.05) is 13.8 Å². The maximum atomic E-state index is 11.4. The Balaban J connectivity index is 3.34. The maximum absolute atomic E-state index is 11.4. The molecule has 1 aromatic carbocycles. The smallest absolute Gasteiger partial charge is 0.344 e. The largest absolute Gasteiger partial charge is 0.475 e. The Kier molecular flexibility index (Phi) is 6.43. The first-order valence-corrected chi connectivity index (χ1v) is 7.06. The van der Waals surface area contributed by atoms with Crippen LogP contribution in [0.1, 0.15) is 38.7 Å². The van der Waals surface area contributed by atoms with Crippen LogP contribution < -0.4 is 4.74 Å². The third-order valence-electron chi connectivity index (χ3n) is 3.27. The fourth-order valence-electron chi connectivity index (χ4n) is 1.94. The molecule has 0 spiro atoms. The van der Waals surface area contributed by atoms with E-state index < -0.39 is 33.8 Å². The summed E-state index contributed by atoms with van der Waals surface area (Å²) in [4.78, 5) is 32.1. The predicted octanol–water partition coefficient (Wildman–Crippen LogP) is 2.96. The zero-order chi connectivity index (χ0) is 17.6. The van der Waals surface area contributed by atoms with Crippen molar-refractivity contribution in [2.45, 2.75) is 33.1 Å². The topological polar surface area (TPSA) is 122 Å². The molecule has 9 nitrogen and oxygen atoms in total. The number of ether oxygens (including phenoxy) is 2. The lowest BCUT2D eigenvalue weighted by Crippen LogP contribution is -2.16. The van der Waals surface area contributed by atoms with E-state index in [4.69, 9.17) is 9.47 Å². The summed E-state index contributed by atoms with van der Waals surface area (Å²) in [7, 11) is 0. The molecule has 0 aliphatic carbocycles. The van der Waals surface area contributed by atoms with Gasteiger partial charge in [0.15, 0.2) is 6.61 Å². The molecule has 126 valence electrons. The van der Waals surface area contributed by atoms with Gasteiger partial charge in [-0.2, -0.15) is 0 Å². The predicted molar refractivity (Wildman–Crippen MR) is 80.6 cm³/mol. The quantitative estimate of drug-likeness (QED) is 0.409. The van der Waals surface area contributed by atoms with Crippen LogP contribution in [0.2, 0.25) is 0 Å². The highest BCUT2D eigenvalue weighted by atomic mass is 16.6. The Hall–Kier alpha value is -2.71. The molecular weight excluding hydrogens is 308 g/mol. The van der Waals surface area contributed by atoms with E-state index in [-0.39, 0.29) is 18.3 Å². The number of non-ortho nitro benzene ring substituents is 1. The van der Waals surface area contributed by atoms with E-state index in [9.17, 15) is 25.0 Å². The van der Waals surface area contributed by atoms with Crippen molar-refractivity contribution < 1.29 is 24.1 Å². The molecule has 0 aliphatic rings. The number of hydrogen-bond donors (Lipinski definition) is 0. The van der Waals surface area contributed by atoms with E-state index in [0.29, 0.717) is 12.0 Å². The molecule has 0 radical (unpaired) electrons. The van der Waals surface area contributed by atoms with Gasteiger partial charge in [0.1, 0.15) is 0 Å². The van der Waals surface area contributed by atoms with E-state index in [1.807, 2.05) is 6.92 Å². The van der Waals surface area contributed by atoms with Gasteiger partial charge < -0.3 is 9.47 Å². The van der Waals surface area contributed by atoms with Crippen LogP contribution in [0.25, 0.3) is 0 Å². The average Bonchev–Trinajstić information content (AvgIpc) is 2.51. The normalized spacial score (nSPS) is 11.6. The molecule has 1 aromatic rings. The minimum atomic E-state index is -0.765. The monoisotopic (exact) mass is 326 g/mol. The first-order chi connectivity index (χ1) is 10.8. The highest BCUT2D eigenvalue weighted by Gasteiger charge is 2.28. The fraction of sp³-hybridized carbons (Fsp3) is 0.500. The van der Waals surface area contributed by atoms with Crippen LogP contribution in [-0.4, -0.2) is 29.0 Å². The Bertz CT molecular complexity index is 615. The summed E-state index contributed by atoms with van der Waals surface area (Å²) >= 11 is 0. The zero-order valence-corrected chi connectivity index (χ0v) is 13.1. The van der Waals surface area contributed by atoms with Gasteiger partial charge in [0.05, 0.1) is 22.5 Å². The van der Waals surface area contributed by atoms with E-state index in [0.717, 1.165) is 6.07 Å². The lowest BCUT2D eigenvalue weighted by atomic mass is 9.96. The third kappa shape index (κ3) is 4.63. The van der Waals surface area contributed by atoms with Crippen molar-refractivity contribution >= 4 is 17.3 Å². The van der Waals surface area contributed by atoms with E-state index in [2.05, 4.69) is 0 Å². The molecule has 23 heavy (non-hydrogen) atoms. The van der Waals surface area contributed by atoms with Crippen LogP contribution >= 0.6 is 0 Å². The summed E-state index contributed by atoms with van der Waals surface area (Å²) in [5, 5.41) is 22.2. The van der Waals surface area contributed by atoms with Crippen molar-refractivity contribution in [3.63, 3.8) is 0 Å². The summed E-state index contributed by atoms with van der Waals surface area (Å²) in [5.41, 5.74) is -0.619. The van der Waals surface area contributed by atoms with Gasteiger partial charge >= 0.3 is 11.7 Å². The third-order valence-corrected chi connectivity index (χ3v) is 3.27. The number of nitro benzene ring substituents is 2. The van der Waals surface area contributed by atoms with Crippen molar-refractivity contribution in [1.29, 1.82) is 0 Å². The summed E-state index contributed by atoms with van der Waals surface area (Å²) in [6, 6.07) is 2.06. The number of benzene rings is 1. The van der Waals surface area contributed by atoms with E-state index in [1.165, 1.54) is 6.07 Å². The Morgan fingerprint density at radius 3 is 2.35 bits per heavy atom. The van der Waals surface area contributed by atoms with Crippen LogP contribution in [0.5, 0.6) is 5.75 Å². The summed E-state index contributed by atoms with van der Waals surface area (Å²) in [5.74, 6) is -1.02. The first kappa shape index (κ1) is 18.3. The average molecular weight is 326 g/mol. The SMILES string of the molecule is CCOC(=O)COc1c([C@@H](C)CC)cc([N+](=O)[O-])cc1[N+](=O)[O-]. The lowest BCUT2D eigenvalue weighted by Gasteiger charge is -2.15. The molecule has 0 aliphatic heterocycles. The molecule has 0 bridgehead atoms. The number of nitro groups is 2. The molecule has 0 N–H and O–H groups in total. The van der Waals surface area contributed by atoms with Gasteiger partial charge in [-0.05, 0) is 19.3 Å². The fourth-order valence-corrected chi connectivity index (χ4v) is 1.94. The molecule has 1 rings (SSSR count).